The first-order chi connectivity index (χ1) is 5.31. The molecule has 0 aliphatic rings. The number of nitrogens with two attached hydrogens (primary N) is 1. The Labute approximate surface area is 67.0 Å². The number of hydrogen-bond acceptors (Lipinski definition) is 4. The highest BCUT2D eigenvalue weighted by Crippen LogP contribution is 2.04. The van der Waals surface area contributed by atoms with Gasteiger partial charge in [-0.15, -0.1) is 4.91 Å². The van der Waals surface area contributed by atoms with E-state index in [-0.39, 0.29) is 0 Å². The fourth-order valence-corrected chi connectivity index (χ4v) is 0.880. The quantitative estimate of drug-likeness (QED) is 0.268. The molecule has 0 aromatic heterocycles. The molecule has 0 aliphatic carbocycles. The van der Waals surface area contributed by atoms with Gasteiger partial charge in [-0.1, -0.05) is 26.2 Å². The topological polar surface area (TPSA) is 64.7 Å². The van der Waals surface area contributed by atoms with Crippen molar-refractivity contribution in [2.75, 3.05) is 0 Å². The van der Waals surface area contributed by atoms with Crippen LogP contribution < -0.4 is 5.73 Å². The molecule has 0 amide bonds. The second-order valence-electron chi connectivity index (χ2n) is 2.57. The summed E-state index contributed by atoms with van der Waals surface area (Å²) in [7, 11) is 0. The van der Waals surface area contributed by atoms with Gasteiger partial charge in [0.2, 0.25) is 0 Å². The van der Waals surface area contributed by atoms with E-state index in [1.165, 1.54) is 12.8 Å². The molecule has 1 unspecified atom stereocenters. The Morgan fingerprint density at radius 1 is 1.45 bits per heavy atom. The van der Waals surface area contributed by atoms with Crippen LogP contribution in [0, 0.1) is 4.91 Å². The second kappa shape index (κ2) is 7.47. The first-order valence-electron chi connectivity index (χ1n) is 4.05. The molecule has 11 heavy (non-hydrogen) atoms. The average Bonchev–Trinajstić information content (AvgIpc) is 1.99. The summed E-state index contributed by atoms with van der Waals surface area (Å²) in [6.07, 6.45) is 4.76. The smallest absolute Gasteiger partial charge is 0.179 e. The third-order valence-corrected chi connectivity index (χ3v) is 1.52. The molecule has 0 fully saturated rings. The molecule has 0 aromatic rings. The SMILES string of the molecule is CCCCCCC(N)ON=O. The fourth-order valence-electron chi connectivity index (χ4n) is 0.880. The minimum Gasteiger partial charge on any atom is -0.345 e. The number of unbranched alkanes of at least 4 members (excludes halogenated alkanes) is 3. The van der Waals surface area contributed by atoms with E-state index in [1.54, 1.807) is 0 Å². The van der Waals surface area contributed by atoms with Crippen LogP contribution >= 0.6 is 0 Å². The molecule has 2 N–H and O–H groups in total. The lowest BCUT2D eigenvalue weighted by Crippen LogP contribution is -2.20. The summed E-state index contributed by atoms with van der Waals surface area (Å²) in [6, 6.07) is 0. The third kappa shape index (κ3) is 7.25. The van der Waals surface area contributed by atoms with Gasteiger partial charge in [0.1, 0.15) is 0 Å². The van der Waals surface area contributed by atoms with Gasteiger partial charge in [0.15, 0.2) is 11.6 Å². The average molecular weight is 160 g/mol. The van der Waals surface area contributed by atoms with Crippen molar-refractivity contribution in [1.82, 2.24) is 0 Å². The standard InChI is InChI=1S/C7H16N2O2/c1-2-3-4-5-6-7(8)11-9-10/h7H,2-6,8H2,1H3. The van der Waals surface area contributed by atoms with Crippen molar-refractivity contribution in [3.05, 3.63) is 4.91 Å². The van der Waals surface area contributed by atoms with Crippen molar-refractivity contribution in [3.8, 4) is 0 Å². The first-order valence-corrected chi connectivity index (χ1v) is 4.05. The molecule has 66 valence electrons. The minimum absolute atomic E-state index is 0.510. The summed E-state index contributed by atoms with van der Waals surface area (Å²) < 4.78 is 0. The van der Waals surface area contributed by atoms with Gasteiger partial charge < -0.3 is 4.84 Å². The Hall–Kier alpha value is -0.640. The van der Waals surface area contributed by atoms with Crippen LogP contribution in [-0.4, -0.2) is 6.23 Å². The summed E-state index contributed by atoms with van der Waals surface area (Å²) in [6.45, 7) is 2.14. The molecule has 4 heteroatoms. The molecule has 0 aliphatic heterocycles. The van der Waals surface area contributed by atoms with E-state index in [0.29, 0.717) is 6.42 Å². The van der Waals surface area contributed by atoms with Crippen molar-refractivity contribution in [3.63, 3.8) is 0 Å². The zero-order valence-corrected chi connectivity index (χ0v) is 6.95. The van der Waals surface area contributed by atoms with Gasteiger partial charge in [-0.2, -0.15) is 0 Å². The molecular formula is C7H16N2O2. The Balaban J connectivity index is 3.03. The molecular weight excluding hydrogens is 144 g/mol. The number of rotatable bonds is 7. The van der Waals surface area contributed by atoms with Crippen molar-refractivity contribution >= 4 is 0 Å². The van der Waals surface area contributed by atoms with Crippen molar-refractivity contribution in [2.45, 2.75) is 45.3 Å². The van der Waals surface area contributed by atoms with Crippen LogP contribution in [0.2, 0.25) is 0 Å². The second-order valence-corrected chi connectivity index (χ2v) is 2.57. The number of nitrogens with zero attached hydrogens (tertiary/aromatic N) is 1. The van der Waals surface area contributed by atoms with Crippen molar-refractivity contribution in [1.29, 1.82) is 0 Å². The lowest BCUT2D eigenvalue weighted by molar-refractivity contribution is 0.0521. The number of hydrogen-bond donors (Lipinski definition) is 1. The predicted octanol–water partition coefficient (Wildman–Crippen LogP) is 1.94. The predicted molar refractivity (Wildman–Crippen MR) is 43.6 cm³/mol. The van der Waals surface area contributed by atoms with E-state index in [0.717, 1.165) is 12.8 Å². The summed E-state index contributed by atoms with van der Waals surface area (Å²) in [5.41, 5.74) is 5.35. The largest absolute Gasteiger partial charge is 0.345 e. The van der Waals surface area contributed by atoms with Gasteiger partial charge in [0, 0.05) is 6.42 Å². The van der Waals surface area contributed by atoms with Crippen LogP contribution in [0.4, 0.5) is 0 Å². The highest BCUT2D eigenvalue weighted by atomic mass is 16.7. The summed E-state index contributed by atoms with van der Waals surface area (Å²) >= 11 is 0. The lowest BCUT2D eigenvalue weighted by atomic mass is 10.1. The summed E-state index contributed by atoms with van der Waals surface area (Å²) in [5.74, 6) is 0. The molecule has 0 saturated heterocycles. The van der Waals surface area contributed by atoms with E-state index in [2.05, 4.69) is 17.1 Å². The van der Waals surface area contributed by atoms with E-state index >= 15 is 0 Å². The maximum Gasteiger partial charge on any atom is 0.179 e. The van der Waals surface area contributed by atoms with Gasteiger partial charge >= 0.3 is 0 Å². The lowest BCUT2D eigenvalue weighted by Gasteiger charge is -2.05. The summed E-state index contributed by atoms with van der Waals surface area (Å²) in [4.78, 5) is 13.8. The van der Waals surface area contributed by atoms with Crippen LogP contribution in [0.1, 0.15) is 39.0 Å². The maximum absolute atomic E-state index is 9.55. The van der Waals surface area contributed by atoms with E-state index in [1.807, 2.05) is 0 Å². The molecule has 0 spiro atoms. The monoisotopic (exact) mass is 160 g/mol. The van der Waals surface area contributed by atoms with Crippen LogP contribution in [0.3, 0.4) is 0 Å². The zero-order valence-electron chi connectivity index (χ0n) is 6.95. The van der Waals surface area contributed by atoms with E-state index in [4.69, 9.17) is 5.73 Å². The highest BCUT2D eigenvalue weighted by Gasteiger charge is 2.01. The highest BCUT2D eigenvalue weighted by molar-refractivity contribution is 4.48. The van der Waals surface area contributed by atoms with Crippen LogP contribution in [0.5, 0.6) is 0 Å². The van der Waals surface area contributed by atoms with Crippen LogP contribution in [0.15, 0.2) is 5.34 Å². The Morgan fingerprint density at radius 2 is 2.18 bits per heavy atom. The molecule has 0 bridgehead atoms. The van der Waals surface area contributed by atoms with Gasteiger partial charge in [0.25, 0.3) is 0 Å². The minimum atomic E-state index is -0.510. The summed E-state index contributed by atoms with van der Waals surface area (Å²) in [5, 5.41) is 2.26. The molecule has 0 saturated carbocycles. The Bertz CT molecular complexity index is 98.4. The normalized spacial score (nSPS) is 12.5. The maximum atomic E-state index is 9.55. The molecule has 4 nitrogen and oxygen atoms in total. The fraction of sp³-hybridized carbons (Fsp3) is 1.00. The Kier molecular flexibility index (Phi) is 7.03. The van der Waals surface area contributed by atoms with Gasteiger partial charge in [-0.25, -0.2) is 0 Å². The molecule has 0 radical (unpaired) electrons. The van der Waals surface area contributed by atoms with Gasteiger partial charge in [-0.05, 0) is 6.42 Å². The van der Waals surface area contributed by atoms with Crippen LogP contribution in [-0.2, 0) is 4.84 Å². The van der Waals surface area contributed by atoms with E-state index in [9.17, 15) is 4.91 Å². The zero-order chi connectivity index (χ0) is 8.53. The van der Waals surface area contributed by atoms with Crippen molar-refractivity contribution < 1.29 is 4.84 Å². The molecule has 1 atom stereocenters. The van der Waals surface area contributed by atoms with Gasteiger partial charge in [0.05, 0.1) is 0 Å². The van der Waals surface area contributed by atoms with Crippen molar-refractivity contribution in [2.24, 2.45) is 11.1 Å². The molecule has 0 heterocycles. The first kappa shape index (κ1) is 10.4. The van der Waals surface area contributed by atoms with E-state index < -0.39 is 6.23 Å². The molecule has 0 aromatic carbocycles. The third-order valence-electron chi connectivity index (χ3n) is 1.52. The van der Waals surface area contributed by atoms with Gasteiger partial charge in [-0.3, -0.25) is 5.73 Å². The Morgan fingerprint density at radius 3 is 2.73 bits per heavy atom. The molecule has 0 rings (SSSR count). The van der Waals surface area contributed by atoms with Crippen LogP contribution in [0.25, 0.3) is 0 Å².